The van der Waals surface area contributed by atoms with Crippen LogP contribution in [0.1, 0.15) is 57.8 Å². The molecule has 3 aliphatic carbocycles. The minimum Gasteiger partial charge on any atom is -0.391 e. The zero-order chi connectivity index (χ0) is 19.8. The van der Waals surface area contributed by atoms with E-state index in [0.29, 0.717) is 57.8 Å². The number of azo groups is 1. The lowest BCUT2D eigenvalue weighted by atomic mass is 9.67. The van der Waals surface area contributed by atoms with Gasteiger partial charge in [-0.1, -0.05) is 0 Å². The molecule has 11 heteroatoms. The predicted octanol–water partition coefficient (Wildman–Crippen LogP) is 1.83. The second-order valence-corrected chi connectivity index (χ2v) is 11.6. The largest absolute Gasteiger partial charge is 0.391 e. The third-order valence-electron chi connectivity index (χ3n) is 6.51. The quantitative estimate of drug-likeness (QED) is 0.459. The molecule has 27 heavy (non-hydrogen) atoms. The second-order valence-electron chi connectivity index (χ2n) is 8.19. The summed E-state index contributed by atoms with van der Waals surface area (Å²) in [6.45, 7) is 0. The van der Waals surface area contributed by atoms with Crippen molar-refractivity contribution >= 4 is 20.2 Å². The molecule has 0 aromatic carbocycles. The van der Waals surface area contributed by atoms with Gasteiger partial charge in [0.15, 0.2) is 0 Å². The Labute approximate surface area is 160 Å². The average molecular weight is 425 g/mol. The van der Waals surface area contributed by atoms with Gasteiger partial charge in [-0.15, -0.1) is 0 Å². The zero-order valence-corrected chi connectivity index (χ0v) is 16.7. The highest BCUT2D eigenvalue weighted by Crippen LogP contribution is 2.44. The summed E-state index contributed by atoms with van der Waals surface area (Å²) >= 11 is 0. The zero-order valence-electron chi connectivity index (χ0n) is 15.1. The number of aliphatic hydroxyl groups excluding tert-OH is 1. The molecule has 0 saturated heterocycles. The van der Waals surface area contributed by atoms with Crippen LogP contribution >= 0.6 is 0 Å². The molecule has 5 atom stereocenters. The molecule has 3 aliphatic rings. The fourth-order valence-corrected chi connectivity index (χ4v) is 6.72. The Morgan fingerprint density at radius 3 is 1.89 bits per heavy atom. The number of rotatable bonds is 4. The van der Waals surface area contributed by atoms with Crippen LogP contribution < -0.4 is 0 Å². The molecule has 3 fully saturated rings. The first kappa shape index (κ1) is 21.1. The predicted molar refractivity (Wildman–Crippen MR) is 97.6 cm³/mol. The Kier molecular flexibility index (Phi) is 6.26. The Morgan fingerprint density at radius 2 is 1.30 bits per heavy atom. The van der Waals surface area contributed by atoms with E-state index in [4.69, 9.17) is 4.55 Å². The maximum Gasteiger partial charge on any atom is 0.267 e. The van der Waals surface area contributed by atoms with E-state index in [1.54, 1.807) is 0 Å². The molecule has 0 spiro atoms. The van der Waals surface area contributed by atoms with Crippen LogP contribution in [0.2, 0.25) is 0 Å². The lowest BCUT2D eigenvalue weighted by molar-refractivity contribution is 0.0239. The summed E-state index contributed by atoms with van der Waals surface area (Å²) in [6, 6.07) is -0.505. The Hall–Kier alpha value is -0.620. The molecule has 5 unspecified atom stereocenters. The highest BCUT2D eigenvalue weighted by Gasteiger charge is 2.45. The van der Waals surface area contributed by atoms with Crippen LogP contribution in [0, 0.1) is 11.8 Å². The van der Waals surface area contributed by atoms with Gasteiger partial charge in [-0.25, -0.2) is 0 Å². The van der Waals surface area contributed by atoms with Gasteiger partial charge in [0.1, 0.15) is 0 Å². The van der Waals surface area contributed by atoms with Crippen molar-refractivity contribution in [2.75, 3.05) is 0 Å². The molecule has 156 valence electrons. The van der Waals surface area contributed by atoms with Crippen molar-refractivity contribution in [3.63, 3.8) is 0 Å². The molecular formula is C16H28N2O7S2. The summed E-state index contributed by atoms with van der Waals surface area (Å²) in [6.07, 6.45) is 3.68. The standard InChI is InChI=1S/C16H28N2O7S2/c19-15-8-1-10-9-13(27(23,24)25)6-7-14(10)16(15)18-17-11-2-4-12(5-3-11)26(20,21)22/h10-16,19H,1-9H2,(H,20,21,22)(H,23,24,25). The summed E-state index contributed by atoms with van der Waals surface area (Å²) in [4.78, 5) is 0. The fourth-order valence-electron chi connectivity index (χ4n) is 4.93. The van der Waals surface area contributed by atoms with E-state index >= 15 is 0 Å². The van der Waals surface area contributed by atoms with Crippen molar-refractivity contribution in [1.29, 1.82) is 0 Å². The Balaban J connectivity index is 1.62. The number of hydrogen-bond acceptors (Lipinski definition) is 7. The fraction of sp³-hybridized carbons (Fsp3) is 1.00. The van der Waals surface area contributed by atoms with Gasteiger partial charge in [-0.3, -0.25) is 9.11 Å². The first-order valence-corrected chi connectivity index (χ1v) is 12.6. The monoisotopic (exact) mass is 424 g/mol. The topological polar surface area (TPSA) is 154 Å². The van der Waals surface area contributed by atoms with E-state index in [-0.39, 0.29) is 23.9 Å². The van der Waals surface area contributed by atoms with E-state index in [1.165, 1.54) is 0 Å². The third-order valence-corrected chi connectivity index (χ3v) is 9.09. The first-order valence-electron chi connectivity index (χ1n) is 9.56. The normalized spacial score (nSPS) is 41.4. The van der Waals surface area contributed by atoms with Crippen molar-refractivity contribution in [3.8, 4) is 0 Å². The smallest absolute Gasteiger partial charge is 0.267 e. The number of hydrogen-bond donors (Lipinski definition) is 3. The van der Waals surface area contributed by atoms with Crippen molar-refractivity contribution in [2.24, 2.45) is 22.1 Å². The van der Waals surface area contributed by atoms with Crippen molar-refractivity contribution < 1.29 is 31.0 Å². The van der Waals surface area contributed by atoms with E-state index < -0.39 is 36.8 Å². The molecule has 3 saturated carbocycles. The van der Waals surface area contributed by atoms with E-state index in [1.807, 2.05) is 0 Å². The van der Waals surface area contributed by atoms with Crippen LogP contribution in [0.3, 0.4) is 0 Å². The van der Waals surface area contributed by atoms with Gasteiger partial charge in [0, 0.05) is 0 Å². The van der Waals surface area contributed by atoms with Gasteiger partial charge in [-0.05, 0) is 69.6 Å². The van der Waals surface area contributed by atoms with Gasteiger partial charge in [0.25, 0.3) is 20.2 Å². The molecule has 3 rings (SSSR count). The minimum atomic E-state index is -4.04. The van der Waals surface area contributed by atoms with E-state index in [2.05, 4.69) is 10.2 Å². The van der Waals surface area contributed by atoms with Crippen molar-refractivity contribution in [2.45, 2.75) is 86.5 Å². The van der Waals surface area contributed by atoms with Crippen LogP contribution in [-0.2, 0) is 20.2 Å². The van der Waals surface area contributed by atoms with Gasteiger partial charge in [0.05, 0.1) is 28.7 Å². The molecule has 0 bridgehead atoms. The SMILES string of the molecule is O=S(=O)(O)C1CCC(N=NC2C(O)CCC3CC(S(=O)(=O)O)CCC32)CC1. The average Bonchev–Trinajstić information content (AvgIpc) is 2.59. The number of fused-ring (bicyclic) bond motifs is 1. The molecular weight excluding hydrogens is 396 g/mol. The van der Waals surface area contributed by atoms with Gasteiger partial charge >= 0.3 is 0 Å². The Bertz CT molecular complexity index is 760. The summed E-state index contributed by atoms with van der Waals surface area (Å²) in [7, 11) is -8.05. The maximum atomic E-state index is 11.4. The molecule has 3 N–H and O–H groups in total. The van der Waals surface area contributed by atoms with Crippen LogP contribution in [0.15, 0.2) is 10.2 Å². The highest BCUT2D eigenvalue weighted by atomic mass is 32.2. The molecule has 9 nitrogen and oxygen atoms in total. The Morgan fingerprint density at radius 1 is 0.704 bits per heavy atom. The summed E-state index contributed by atoms with van der Waals surface area (Å²) in [5.74, 6) is 0.137. The highest BCUT2D eigenvalue weighted by molar-refractivity contribution is 7.86. The van der Waals surface area contributed by atoms with Crippen molar-refractivity contribution in [1.82, 2.24) is 0 Å². The van der Waals surface area contributed by atoms with Crippen LogP contribution in [0.5, 0.6) is 0 Å². The van der Waals surface area contributed by atoms with Gasteiger partial charge < -0.3 is 5.11 Å². The minimum absolute atomic E-state index is 0.0460. The third kappa shape index (κ3) is 5.06. The number of nitrogens with zero attached hydrogens (tertiary/aromatic N) is 2. The van der Waals surface area contributed by atoms with Crippen LogP contribution in [0.25, 0.3) is 0 Å². The summed E-state index contributed by atoms with van der Waals surface area (Å²) in [5.41, 5.74) is 0. The second kappa shape index (κ2) is 8.02. The molecule has 0 aromatic rings. The molecule has 0 aliphatic heterocycles. The maximum absolute atomic E-state index is 11.4. The van der Waals surface area contributed by atoms with Crippen LogP contribution in [0.4, 0.5) is 0 Å². The molecule has 0 aromatic heterocycles. The van der Waals surface area contributed by atoms with E-state index in [9.17, 15) is 26.5 Å². The lowest BCUT2D eigenvalue weighted by Gasteiger charge is -2.43. The lowest BCUT2D eigenvalue weighted by Crippen LogP contribution is -2.46. The van der Waals surface area contributed by atoms with Crippen LogP contribution in [-0.4, -0.2) is 59.7 Å². The number of aliphatic hydroxyl groups is 1. The van der Waals surface area contributed by atoms with Crippen molar-refractivity contribution in [3.05, 3.63) is 0 Å². The summed E-state index contributed by atoms with van der Waals surface area (Å²) < 4.78 is 63.7. The molecule has 0 amide bonds. The first-order chi connectivity index (χ1) is 12.6. The molecule has 0 heterocycles. The summed E-state index contributed by atoms with van der Waals surface area (Å²) in [5, 5.41) is 17.7. The molecule has 0 radical (unpaired) electrons. The van der Waals surface area contributed by atoms with Gasteiger partial charge in [0.2, 0.25) is 0 Å². The van der Waals surface area contributed by atoms with E-state index in [0.717, 1.165) is 0 Å². The van der Waals surface area contributed by atoms with Gasteiger partial charge in [-0.2, -0.15) is 27.1 Å².